The molecule has 0 spiro atoms. The van der Waals surface area contributed by atoms with Gasteiger partial charge in [0.15, 0.2) is 5.82 Å². The number of hydrogen-bond donors (Lipinski definition) is 2. The highest BCUT2D eigenvalue weighted by molar-refractivity contribution is 7.80. The molecule has 6 nitrogen and oxygen atoms in total. The van der Waals surface area contributed by atoms with Gasteiger partial charge < -0.3 is 14.3 Å². The Hall–Kier alpha value is -3.06. The Labute approximate surface area is 161 Å². The molecule has 0 saturated carbocycles. The Bertz CT molecular complexity index is 1140. The molecule has 27 heavy (non-hydrogen) atoms. The van der Waals surface area contributed by atoms with Gasteiger partial charge in [-0.1, -0.05) is 36.4 Å². The van der Waals surface area contributed by atoms with Gasteiger partial charge in [0.1, 0.15) is 18.2 Å². The van der Waals surface area contributed by atoms with E-state index in [2.05, 4.69) is 15.2 Å². The van der Waals surface area contributed by atoms with Gasteiger partial charge >= 0.3 is 0 Å². The minimum Gasteiger partial charge on any atom is -0.486 e. The van der Waals surface area contributed by atoms with Crippen LogP contribution in [0.25, 0.3) is 10.9 Å². The van der Waals surface area contributed by atoms with E-state index in [4.69, 9.17) is 17.4 Å². The second-order valence-electron chi connectivity index (χ2n) is 6.17. The number of aromatic nitrogens is 4. The van der Waals surface area contributed by atoms with Crippen molar-refractivity contribution < 1.29 is 4.74 Å². The number of ether oxygens (including phenoxy) is 1. The Morgan fingerprint density at radius 2 is 1.85 bits per heavy atom. The van der Waals surface area contributed by atoms with Crippen LogP contribution in [-0.4, -0.2) is 19.7 Å². The minimum absolute atomic E-state index is 0.169. The van der Waals surface area contributed by atoms with Crippen LogP contribution in [0, 0.1) is 0 Å². The van der Waals surface area contributed by atoms with Gasteiger partial charge in [-0.3, -0.25) is 4.79 Å². The number of rotatable bonds is 5. The van der Waals surface area contributed by atoms with Crippen molar-refractivity contribution in [2.24, 2.45) is 7.05 Å². The van der Waals surface area contributed by atoms with E-state index in [-0.39, 0.29) is 10.8 Å². The molecule has 0 fully saturated rings. The number of fused-ring (bicyclic) bond motifs is 1. The number of para-hydroxylation sites is 2. The zero-order chi connectivity index (χ0) is 18.8. The Kier molecular flexibility index (Phi) is 4.68. The largest absolute Gasteiger partial charge is 0.486 e. The first-order valence-corrected chi connectivity index (χ1v) is 9.01. The van der Waals surface area contributed by atoms with Crippen LogP contribution < -0.4 is 10.3 Å². The van der Waals surface area contributed by atoms with Gasteiger partial charge in [-0.15, -0.1) is 10.2 Å². The molecule has 136 valence electrons. The number of H-pyrrole nitrogens is 1. The predicted molar refractivity (Wildman–Crippen MR) is 107 cm³/mol. The second kappa shape index (κ2) is 7.28. The first-order chi connectivity index (χ1) is 13.1. The number of thiol groups is 1. The minimum atomic E-state index is -0.389. The summed E-state index contributed by atoms with van der Waals surface area (Å²) >= 11 is 4.74. The maximum absolute atomic E-state index is 12.0. The number of pyridine rings is 1. The van der Waals surface area contributed by atoms with Crippen LogP contribution in [0.15, 0.2) is 65.5 Å². The lowest BCUT2D eigenvalue weighted by molar-refractivity contribution is 0.291. The van der Waals surface area contributed by atoms with Crippen LogP contribution in [0.5, 0.6) is 5.75 Å². The van der Waals surface area contributed by atoms with Gasteiger partial charge in [0.05, 0.1) is 5.25 Å². The van der Waals surface area contributed by atoms with Gasteiger partial charge in [-0.2, -0.15) is 12.6 Å². The van der Waals surface area contributed by atoms with Gasteiger partial charge in [0.25, 0.3) is 0 Å². The van der Waals surface area contributed by atoms with E-state index in [0.717, 1.165) is 22.2 Å². The monoisotopic (exact) mass is 378 g/mol. The molecule has 0 radical (unpaired) electrons. The average Bonchev–Trinajstić information content (AvgIpc) is 3.06. The summed E-state index contributed by atoms with van der Waals surface area (Å²) in [6.45, 7) is 0.296. The van der Waals surface area contributed by atoms with Gasteiger partial charge in [0, 0.05) is 24.0 Å². The third kappa shape index (κ3) is 3.46. The average molecular weight is 378 g/mol. The van der Waals surface area contributed by atoms with Crippen LogP contribution in [0.4, 0.5) is 0 Å². The van der Waals surface area contributed by atoms with Gasteiger partial charge in [-0.25, -0.2) is 0 Å². The summed E-state index contributed by atoms with van der Waals surface area (Å²) in [7, 11) is 1.87. The smallest absolute Gasteiger partial charge is 0.248 e. The van der Waals surface area contributed by atoms with Crippen molar-refractivity contribution in [1.82, 2.24) is 19.7 Å². The number of aromatic amines is 1. The topological polar surface area (TPSA) is 72.8 Å². The van der Waals surface area contributed by atoms with Crippen molar-refractivity contribution in [3.63, 3.8) is 0 Å². The highest BCUT2D eigenvalue weighted by Gasteiger charge is 2.20. The third-order valence-corrected chi connectivity index (χ3v) is 4.94. The molecule has 1 N–H and O–H groups in total. The number of hydrogen-bond acceptors (Lipinski definition) is 5. The van der Waals surface area contributed by atoms with E-state index >= 15 is 0 Å². The van der Waals surface area contributed by atoms with Crippen LogP contribution in [0.3, 0.4) is 0 Å². The molecule has 2 aromatic heterocycles. The van der Waals surface area contributed by atoms with Crippen LogP contribution in [-0.2, 0) is 13.7 Å². The highest BCUT2D eigenvalue weighted by Crippen LogP contribution is 2.31. The standard InChI is InChI=1S/C20H18N4O2S/c1-24-17(12-26-13-7-3-2-4-8-13)22-23-20(24)19(27)15-11-18(25)21-16-10-6-5-9-14(15)16/h2-11,19,27H,12H2,1H3,(H,21,25). The first kappa shape index (κ1) is 17.4. The molecule has 0 bridgehead atoms. The van der Waals surface area contributed by atoms with Crippen molar-refractivity contribution >= 4 is 23.5 Å². The van der Waals surface area contributed by atoms with E-state index in [1.54, 1.807) is 6.07 Å². The molecule has 7 heteroatoms. The Balaban J connectivity index is 1.65. The fraction of sp³-hybridized carbons (Fsp3) is 0.150. The highest BCUT2D eigenvalue weighted by atomic mass is 32.1. The molecule has 0 aliphatic heterocycles. The van der Waals surface area contributed by atoms with Crippen LogP contribution in [0.1, 0.15) is 22.5 Å². The van der Waals surface area contributed by atoms with Crippen molar-refractivity contribution in [1.29, 1.82) is 0 Å². The molecule has 0 amide bonds. The fourth-order valence-electron chi connectivity index (χ4n) is 3.00. The fourth-order valence-corrected chi connectivity index (χ4v) is 3.44. The third-order valence-electron chi connectivity index (χ3n) is 4.43. The summed E-state index contributed by atoms with van der Waals surface area (Å²) in [5, 5.41) is 9.06. The van der Waals surface area contributed by atoms with Crippen molar-refractivity contribution in [3.8, 4) is 5.75 Å². The molecule has 2 heterocycles. The molecule has 0 saturated heterocycles. The van der Waals surface area contributed by atoms with Crippen LogP contribution >= 0.6 is 12.6 Å². The SMILES string of the molecule is Cn1c(COc2ccccc2)nnc1C(S)c1cc(=O)[nH]c2ccccc12. The zero-order valence-corrected chi connectivity index (χ0v) is 15.6. The van der Waals surface area contributed by atoms with Crippen molar-refractivity contribution in [2.45, 2.75) is 11.9 Å². The van der Waals surface area contributed by atoms with Gasteiger partial charge in [-0.05, 0) is 23.8 Å². The normalized spacial score (nSPS) is 12.2. The quantitative estimate of drug-likeness (QED) is 0.523. The van der Waals surface area contributed by atoms with E-state index in [1.807, 2.05) is 66.2 Å². The molecule has 4 rings (SSSR count). The number of nitrogens with one attached hydrogen (secondary N) is 1. The molecule has 2 aromatic carbocycles. The Morgan fingerprint density at radius 1 is 1.11 bits per heavy atom. The lowest BCUT2D eigenvalue weighted by Crippen LogP contribution is -2.11. The van der Waals surface area contributed by atoms with E-state index in [1.165, 1.54) is 0 Å². The number of benzene rings is 2. The molecular formula is C20H18N4O2S. The second-order valence-corrected chi connectivity index (χ2v) is 6.69. The lowest BCUT2D eigenvalue weighted by Gasteiger charge is -2.13. The first-order valence-electron chi connectivity index (χ1n) is 8.49. The molecule has 1 unspecified atom stereocenters. The molecular weight excluding hydrogens is 360 g/mol. The predicted octanol–water partition coefficient (Wildman–Crippen LogP) is 3.25. The molecule has 0 aliphatic carbocycles. The van der Waals surface area contributed by atoms with E-state index < -0.39 is 0 Å². The molecule has 4 aromatic rings. The number of nitrogens with zero attached hydrogens (tertiary/aromatic N) is 3. The molecule has 1 atom stereocenters. The van der Waals surface area contributed by atoms with E-state index in [9.17, 15) is 4.79 Å². The maximum atomic E-state index is 12.0. The summed E-state index contributed by atoms with van der Waals surface area (Å²) < 4.78 is 7.62. The summed E-state index contributed by atoms with van der Waals surface area (Å²) in [5.74, 6) is 2.10. The zero-order valence-electron chi connectivity index (χ0n) is 14.7. The summed E-state index contributed by atoms with van der Waals surface area (Å²) in [4.78, 5) is 14.9. The van der Waals surface area contributed by atoms with Crippen molar-refractivity contribution in [3.05, 3.63) is 88.2 Å². The lowest BCUT2D eigenvalue weighted by atomic mass is 10.1. The summed E-state index contributed by atoms with van der Waals surface area (Å²) in [5.41, 5.74) is 1.40. The van der Waals surface area contributed by atoms with Crippen molar-refractivity contribution in [2.75, 3.05) is 0 Å². The van der Waals surface area contributed by atoms with E-state index in [0.29, 0.717) is 18.3 Å². The van der Waals surface area contributed by atoms with Gasteiger partial charge in [0.2, 0.25) is 5.56 Å². The summed E-state index contributed by atoms with van der Waals surface area (Å²) in [6.07, 6.45) is 0. The molecule has 0 aliphatic rings. The maximum Gasteiger partial charge on any atom is 0.248 e. The van der Waals surface area contributed by atoms with Crippen LogP contribution in [0.2, 0.25) is 0 Å². The summed E-state index contributed by atoms with van der Waals surface area (Å²) in [6, 6.07) is 18.8. The Morgan fingerprint density at radius 3 is 2.67 bits per heavy atom.